The third-order valence-corrected chi connectivity index (χ3v) is 2.35. The van der Waals surface area contributed by atoms with Gasteiger partial charge in [0.2, 0.25) is 0 Å². The zero-order valence-electron chi connectivity index (χ0n) is 8.30. The van der Waals surface area contributed by atoms with Gasteiger partial charge in [-0.15, -0.1) is 0 Å². The predicted molar refractivity (Wildman–Crippen MR) is 56.5 cm³/mol. The second-order valence-electron chi connectivity index (χ2n) is 3.47. The van der Waals surface area contributed by atoms with Gasteiger partial charge < -0.3 is 0 Å². The standard InChI is InChI=1S/C13H10F2/c1-9-2-5-12(15)8-13(9)10-3-6-11(14)7-4-10/h2-8H,1H3. The smallest absolute Gasteiger partial charge is 0.123 e. The molecule has 0 amide bonds. The fraction of sp³-hybridized carbons (Fsp3) is 0.0769. The molecule has 0 atom stereocenters. The number of hydrogen-bond donors (Lipinski definition) is 0. The van der Waals surface area contributed by atoms with Crippen LogP contribution in [-0.4, -0.2) is 0 Å². The van der Waals surface area contributed by atoms with Crippen molar-refractivity contribution in [3.8, 4) is 11.1 Å². The molecule has 15 heavy (non-hydrogen) atoms. The van der Waals surface area contributed by atoms with Gasteiger partial charge in [-0.1, -0.05) is 18.2 Å². The highest BCUT2D eigenvalue weighted by atomic mass is 19.1. The van der Waals surface area contributed by atoms with Crippen LogP contribution in [0.1, 0.15) is 5.56 Å². The van der Waals surface area contributed by atoms with Gasteiger partial charge in [0.15, 0.2) is 0 Å². The monoisotopic (exact) mass is 204 g/mol. The second kappa shape index (κ2) is 3.81. The highest BCUT2D eigenvalue weighted by Gasteiger charge is 2.03. The normalized spacial score (nSPS) is 10.3. The number of rotatable bonds is 1. The fourth-order valence-electron chi connectivity index (χ4n) is 1.53. The summed E-state index contributed by atoms with van der Waals surface area (Å²) in [4.78, 5) is 0. The van der Waals surface area contributed by atoms with Crippen molar-refractivity contribution in [2.24, 2.45) is 0 Å². The van der Waals surface area contributed by atoms with Gasteiger partial charge in [-0.05, 0) is 47.9 Å². The van der Waals surface area contributed by atoms with Crippen LogP contribution in [0.3, 0.4) is 0 Å². The summed E-state index contributed by atoms with van der Waals surface area (Å²) in [7, 11) is 0. The number of benzene rings is 2. The molecule has 0 aliphatic rings. The molecule has 0 heterocycles. The van der Waals surface area contributed by atoms with E-state index in [2.05, 4.69) is 0 Å². The van der Waals surface area contributed by atoms with Crippen molar-refractivity contribution in [2.45, 2.75) is 6.92 Å². The Labute approximate surface area is 87.2 Å². The molecule has 0 bridgehead atoms. The van der Waals surface area contributed by atoms with Gasteiger partial charge in [0.25, 0.3) is 0 Å². The minimum atomic E-state index is -0.284. The first-order valence-electron chi connectivity index (χ1n) is 4.69. The Morgan fingerprint density at radius 3 is 2.07 bits per heavy atom. The van der Waals surface area contributed by atoms with E-state index in [-0.39, 0.29) is 11.6 Å². The lowest BCUT2D eigenvalue weighted by Crippen LogP contribution is -1.85. The van der Waals surface area contributed by atoms with Crippen molar-refractivity contribution < 1.29 is 8.78 Å². The minimum absolute atomic E-state index is 0.278. The molecular weight excluding hydrogens is 194 g/mol. The topological polar surface area (TPSA) is 0 Å². The number of hydrogen-bond acceptors (Lipinski definition) is 0. The van der Waals surface area contributed by atoms with E-state index in [1.165, 1.54) is 24.3 Å². The van der Waals surface area contributed by atoms with E-state index in [1.807, 2.05) is 6.92 Å². The Balaban J connectivity index is 2.53. The third-order valence-electron chi connectivity index (χ3n) is 2.35. The van der Waals surface area contributed by atoms with Crippen LogP contribution in [0.25, 0.3) is 11.1 Å². The van der Waals surface area contributed by atoms with Crippen LogP contribution in [-0.2, 0) is 0 Å². The van der Waals surface area contributed by atoms with E-state index in [0.29, 0.717) is 0 Å². The molecule has 2 rings (SSSR count). The first kappa shape index (κ1) is 9.84. The summed E-state index contributed by atoms with van der Waals surface area (Å²) in [6.45, 7) is 1.90. The highest BCUT2D eigenvalue weighted by Crippen LogP contribution is 2.24. The Morgan fingerprint density at radius 1 is 0.800 bits per heavy atom. The largest absolute Gasteiger partial charge is 0.207 e. The quantitative estimate of drug-likeness (QED) is 0.660. The summed E-state index contributed by atoms with van der Waals surface area (Å²) in [6.07, 6.45) is 0. The summed E-state index contributed by atoms with van der Waals surface area (Å²) in [6, 6.07) is 10.6. The van der Waals surface area contributed by atoms with Crippen molar-refractivity contribution in [1.82, 2.24) is 0 Å². The molecule has 0 aromatic heterocycles. The molecule has 76 valence electrons. The summed E-state index contributed by atoms with van der Waals surface area (Å²) >= 11 is 0. The molecule has 0 N–H and O–H groups in total. The van der Waals surface area contributed by atoms with E-state index in [4.69, 9.17) is 0 Å². The van der Waals surface area contributed by atoms with Crippen molar-refractivity contribution in [3.63, 3.8) is 0 Å². The molecule has 0 spiro atoms. The van der Waals surface area contributed by atoms with Crippen molar-refractivity contribution >= 4 is 0 Å². The lowest BCUT2D eigenvalue weighted by atomic mass is 10.0. The lowest BCUT2D eigenvalue weighted by Gasteiger charge is -2.05. The molecule has 0 aliphatic carbocycles. The number of aryl methyl sites for hydroxylation is 1. The molecule has 2 aromatic rings. The molecule has 0 aliphatic heterocycles. The zero-order valence-corrected chi connectivity index (χ0v) is 8.30. The van der Waals surface area contributed by atoms with E-state index in [0.717, 1.165) is 16.7 Å². The van der Waals surface area contributed by atoms with E-state index >= 15 is 0 Å². The predicted octanol–water partition coefficient (Wildman–Crippen LogP) is 3.94. The average molecular weight is 204 g/mol. The highest BCUT2D eigenvalue weighted by molar-refractivity contribution is 5.66. The van der Waals surface area contributed by atoms with Crippen LogP contribution in [0, 0.1) is 18.6 Å². The van der Waals surface area contributed by atoms with Crippen molar-refractivity contribution in [2.75, 3.05) is 0 Å². The Bertz CT molecular complexity index is 472. The molecule has 0 saturated carbocycles. The third kappa shape index (κ3) is 2.04. The number of halogens is 2. The van der Waals surface area contributed by atoms with Gasteiger partial charge >= 0.3 is 0 Å². The SMILES string of the molecule is Cc1ccc(F)cc1-c1ccc(F)cc1. The minimum Gasteiger partial charge on any atom is -0.207 e. The van der Waals surface area contributed by atoms with Gasteiger partial charge in [0.05, 0.1) is 0 Å². The van der Waals surface area contributed by atoms with E-state index < -0.39 is 0 Å². The molecule has 0 radical (unpaired) electrons. The summed E-state index contributed by atoms with van der Waals surface area (Å²) in [5.74, 6) is -0.562. The summed E-state index contributed by atoms with van der Waals surface area (Å²) < 4.78 is 25.7. The maximum absolute atomic E-state index is 13.0. The first-order valence-corrected chi connectivity index (χ1v) is 4.69. The van der Waals surface area contributed by atoms with Crippen LogP contribution in [0.4, 0.5) is 8.78 Å². The summed E-state index contributed by atoms with van der Waals surface area (Å²) in [5, 5.41) is 0. The maximum Gasteiger partial charge on any atom is 0.123 e. The van der Waals surface area contributed by atoms with Crippen molar-refractivity contribution in [1.29, 1.82) is 0 Å². The van der Waals surface area contributed by atoms with Gasteiger partial charge in [0.1, 0.15) is 11.6 Å². The van der Waals surface area contributed by atoms with Crippen molar-refractivity contribution in [3.05, 3.63) is 59.7 Å². The van der Waals surface area contributed by atoms with Gasteiger partial charge in [-0.2, -0.15) is 0 Å². The molecule has 0 nitrogen and oxygen atoms in total. The van der Waals surface area contributed by atoms with Crippen LogP contribution in [0.5, 0.6) is 0 Å². The fourth-order valence-corrected chi connectivity index (χ4v) is 1.53. The lowest BCUT2D eigenvalue weighted by molar-refractivity contribution is 0.627. The van der Waals surface area contributed by atoms with Crippen LogP contribution in [0.2, 0.25) is 0 Å². The van der Waals surface area contributed by atoms with E-state index in [1.54, 1.807) is 18.2 Å². The second-order valence-corrected chi connectivity index (χ2v) is 3.47. The molecule has 0 fully saturated rings. The molecule has 0 unspecified atom stereocenters. The zero-order chi connectivity index (χ0) is 10.8. The van der Waals surface area contributed by atoms with Crippen LogP contribution < -0.4 is 0 Å². The van der Waals surface area contributed by atoms with Crippen LogP contribution >= 0.6 is 0 Å². The van der Waals surface area contributed by atoms with Crippen LogP contribution in [0.15, 0.2) is 42.5 Å². The van der Waals surface area contributed by atoms with Gasteiger partial charge in [-0.3, -0.25) is 0 Å². The molecule has 2 aromatic carbocycles. The maximum atomic E-state index is 13.0. The average Bonchev–Trinajstić information content (AvgIpc) is 2.23. The Morgan fingerprint density at radius 2 is 1.40 bits per heavy atom. The first-order chi connectivity index (χ1) is 7.16. The molecular formula is C13H10F2. The summed E-state index contributed by atoms with van der Waals surface area (Å²) in [5.41, 5.74) is 2.60. The Kier molecular flexibility index (Phi) is 2.50. The Hall–Kier alpha value is -1.70. The van der Waals surface area contributed by atoms with E-state index in [9.17, 15) is 8.78 Å². The molecule has 2 heteroatoms. The molecule has 0 saturated heterocycles. The van der Waals surface area contributed by atoms with Gasteiger partial charge in [-0.25, -0.2) is 8.78 Å². The van der Waals surface area contributed by atoms with Gasteiger partial charge in [0, 0.05) is 0 Å².